The second kappa shape index (κ2) is 7.56. The third-order valence-corrected chi connectivity index (χ3v) is 4.47. The molecular weight excluding hydrogens is 358 g/mol. The average Bonchev–Trinajstić information content (AvgIpc) is 2.94. The second-order valence-electron chi connectivity index (χ2n) is 6.47. The standard InChI is InChI=1S/C21H21N3O4/c1-3-28-20(27)21(2)13-17(19(26)24(21)16-7-5-4-6-8-16)23-15-11-9-14(10-12-15)18(22)25/h4-13,23H,3H2,1-2H3,(H2,22,25)/t21-/m1/s1. The molecule has 0 spiro atoms. The van der Waals surface area contributed by atoms with Crippen LogP contribution in [0.1, 0.15) is 24.2 Å². The molecule has 7 heteroatoms. The molecule has 0 aliphatic carbocycles. The molecule has 2 amide bonds. The van der Waals surface area contributed by atoms with E-state index in [2.05, 4.69) is 5.32 Å². The molecule has 0 fully saturated rings. The number of benzene rings is 2. The summed E-state index contributed by atoms with van der Waals surface area (Å²) in [7, 11) is 0. The van der Waals surface area contributed by atoms with Gasteiger partial charge in [-0.15, -0.1) is 0 Å². The molecule has 0 aromatic heterocycles. The van der Waals surface area contributed by atoms with Gasteiger partial charge in [0.15, 0.2) is 5.54 Å². The van der Waals surface area contributed by atoms with E-state index in [9.17, 15) is 14.4 Å². The molecule has 0 bridgehead atoms. The number of anilines is 2. The SMILES string of the molecule is CCOC(=O)[C@@]1(C)C=C(Nc2ccc(C(N)=O)cc2)C(=O)N1c1ccccc1. The fourth-order valence-corrected chi connectivity index (χ4v) is 3.09. The molecule has 1 aliphatic heterocycles. The normalized spacial score (nSPS) is 18.6. The summed E-state index contributed by atoms with van der Waals surface area (Å²) in [6.45, 7) is 3.56. The predicted molar refractivity (Wildman–Crippen MR) is 106 cm³/mol. The van der Waals surface area contributed by atoms with E-state index in [-0.39, 0.29) is 18.2 Å². The molecule has 28 heavy (non-hydrogen) atoms. The topological polar surface area (TPSA) is 102 Å². The van der Waals surface area contributed by atoms with Gasteiger partial charge in [-0.25, -0.2) is 4.79 Å². The van der Waals surface area contributed by atoms with Crippen LogP contribution in [0.25, 0.3) is 0 Å². The molecule has 1 aliphatic rings. The number of ether oxygens (including phenoxy) is 1. The number of primary amides is 1. The van der Waals surface area contributed by atoms with E-state index in [1.165, 1.54) is 4.90 Å². The Balaban J connectivity index is 1.96. The molecule has 1 atom stereocenters. The quantitative estimate of drug-likeness (QED) is 0.751. The number of amides is 2. The van der Waals surface area contributed by atoms with Crippen molar-refractivity contribution >= 4 is 29.2 Å². The third-order valence-electron chi connectivity index (χ3n) is 4.47. The molecule has 7 nitrogen and oxygen atoms in total. The summed E-state index contributed by atoms with van der Waals surface area (Å²) in [4.78, 5) is 38.4. The number of carbonyl (C=O) groups excluding carboxylic acids is 3. The first kappa shape index (κ1) is 19.2. The highest BCUT2D eigenvalue weighted by atomic mass is 16.5. The van der Waals surface area contributed by atoms with Crippen molar-refractivity contribution in [1.82, 2.24) is 0 Å². The molecule has 3 N–H and O–H groups in total. The number of esters is 1. The lowest BCUT2D eigenvalue weighted by Crippen LogP contribution is -2.51. The van der Waals surface area contributed by atoms with Crippen LogP contribution < -0.4 is 16.0 Å². The molecule has 1 heterocycles. The lowest BCUT2D eigenvalue weighted by atomic mass is 10.0. The van der Waals surface area contributed by atoms with Gasteiger partial charge in [0.25, 0.3) is 5.91 Å². The number of nitrogens with one attached hydrogen (secondary N) is 1. The van der Waals surface area contributed by atoms with E-state index in [0.717, 1.165) is 0 Å². The van der Waals surface area contributed by atoms with Crippen molar-refractivity contribution in [2.75, 3.05) is 16.8 Å². The summed E-state index contributed by atoms with van der Waals surface area (Å²) in [5.74, 6) is -1.42. The van der Waals surface area contributed by atoms with Crippen molar-refractivity contribution < 1.29 is 19.1 Å². The zero-order valence-corrected chi connectivity index (χ0v) is 15.6. The zero-order valence-electron chi connectivity index (χ0n) is 15.6. The molecule has 0 saturated carbocycles. The highest BCUT2D eigenvalue weighted by Crippen LogP contribution is 2.35. The summed E-state index contributed by atoms with van der Waals surface area (Å²) in [6, 6.07) is 15.3. The number of nitrogens with two attached hydrogens (primary N) is 1. The summed E-state index contributed by atoms with van der Waals surface area (Å²) in [6.07, 6.45) is 1.56. The van der Waals surface area contributed by atoms with E-state index >= 15 is 0 Å². The van der Waals surface area contributed by atoms with Gasteiger partial charge in [0.05, 0.1) is 6.61 Å². The van der Waals surface area contributed by atoms with Crippen molar-refractivity contribution in [3.63, 3.8) is 0 Å². The molecule has 144 valence electrons. The minimum Gasteiger partial charge on any atom is -0.464 e. The largest absolute Gasteiger partial charge is 0.464 e. The molecule has 0 unspecified atom stereocenters. The Bertz CT molecular complexity index is 938. The van der Waals surface area contributed by atoms with Crippen LogP contribution in [0.4, 0.5) is 11.4 Å². The summed E-state index contributed by atoms with van der Waals surface area (Å²) in [5, 5.41) is 3.02. The monoisotopic (exact) mass is 379 g/mol. The van der Waals surface area contributed by atoms with E-state index in [0.29, 0.717) is 16.9 Å². The van der Waals surface area contributed by atoms with Gasteiger partial charge in [0.2, 0.25) is 5.91 Å². The number of nitrogens with zero attached hydrogens (tertiary/aromatic N) is 1. The Morgan fingerprint density at radius 1 is 1.11 bits per heavy atom. The first-order valence-electron chi connectivity index (χ1n) is 8.83. The number of hydrogen-bond donors (Lipinski definition) is 2. The second-order valence-corrected chi connectivity index (χ2v) is 6.47. The minimum absolute atomic E-state index is 0.205. The van der Waals surface area contributed by atoms with Gasteiger partial charge in [0.1, 0.15) is 5.70 Å². The Kier molecular flexibility index (Phi) is 5.17. The molecule has 2 aromatic rings. The maximum absolute atomic E-state index is 13.1. The van der Waals surface area contributed by atoms with Gasteiger partial charge < -0.3 is 15.8 Å². The highest BCUT2D eigenvalue weighted by molar-refractivity contribution is 6.16. The van der Waals surface area contributed by atoms with Crippen LogP contribution >= 0.6 is 0 Å². The van der Waals surface area contributed by atoms with Crippen molar-refractivity contribution in [3.8, 4) is 0 Å². The van der Waals surface area contributed by atoms with Gasteiger partial charge >= 0.3 is 5.97 Å². The highest BCUT2D eigenvalue weighted by Gasteiger charge is 2.49. The maximum Gasteiger partial charge on any atom is 0.336 e. The predicted octanol–water partition coefficient (Wildman–Crippen LogP) is 2.45. The Hall–Kier alpha value is -3.61. The van der Waals surface area contributed by atoms with Crippen LogP contribution in [0.3, 0.4) is 0 Å². The van der Waals surface area contributed by atoms with Crippen molar-refractivity contribution in [3.05, 3.63) is 71.9 Å². The van der Waals surface area contributed by atoms with E-state index in [4.69, 9.17) is 10.5 Å². The van der Waals surface area contributed by atoms with E-state index < -0.39 is 17.4 Å². The third kappa shape index (κ3) is 3.46. The minimum atomic E-state index is -1.29. The van der Waals surface area contributed by atoms with Crippen molar-refractivity contribution in [1.29, 1.82) is 0 Å². The number of rotatable bonds is 6. The zero-order chi connectivity index (χ0) is 20.3. The van der Waals surface area contributed by atoms with E-state index in [1.54, 1.807) is 68.5 Å². The van der Waals surface area contributed by atoms with Crippen molar-refractivity contribution in [2.45, 2.75) is 19.4 Å². The van der Waals surface area contributed by atoms with Gasteiger partial charge in [-0.2, -0.15) is 0 Å². The Labute approximate surface area is 162 Å². The van der Waals surface area contributed by atoms with Gasteiger partial charge in [0, 0.05) is 16.9 Å². The van der Waals surface area contributed by atoms with Crippen LogP contribution in [0, 0.1) is 0 Å². The van der Waals surface area contributed by atoms with Crippen LogP contribution in [-0.4, -0.2) is 29.9 Å². The van der Waals surface area contributed by atoms with Gasteiger partial charge in [-0.05, 0) is 56.3 Å². The summed E-state index contributed by atoms with van der Waals surface area (Å²) < 4.78 is 5.21. The smallest absolute Gasteiger partial charge is 0.336 e. The van der Waals surface area contributed by atoms with E-state index in [1.807, 2.05) is 6.07 Å². The molecule has 3 rings (SSSR count). The van der Waals surface area contributed by atoms with Crippen LogP contribution in [0.2, 0.25) is 0 Å². The van der Waals surface area contributed by atoms with Crippen LogP contribution in [0.5, 0.6) is 0 Å². The Morgan fingerprint density at radius 2 is 1.75 bits per heavy atom. The average molecular weight is 379 g/mol. The lowest BCUT2D eigenvalue weighted by molar-refractivity contribution is -0.147. The summed E-state index contributed by atoms with van der Waals surface area (Å²) >= 11 is 0. The Morgan fingerprint density at radius 3 is 2.32 bits per heavy atom. The molecular formula is C21H21N3O4. The first-order valence-corrected chi connectivity index (χ1v) is 8.83. The van der Waals surface area contributed by atoms with Crippen LogP contribution in [0.15, 0.2) is 66.4 Å². The van der Waals surface area contributed by atoms with Crippen LogP contribution in [-0.2, 0) is 14.3 Å². The molecule has 2 aromatic carbocycles. The van der Waals surface area contributed by atoms with Gasteiger partial charge in [-0.3, -0.25) is 14.5 Å². The maximum atomic E-state index is 13.1. The molecule has 0 saturated heterocycles. The van der Waals surface area contributed by atoms with Gasteiger partial charge in [-0.1, -0.05) is 18.2 Å². The number of carbonyl (C=O) groups is 3. The molecule has 0 radical (unpaired) electrons. The fraction of sp³-hybridized carbons (Fsp3) is 0.190. The first-order chi connectivity index (χ1) is 13.4. The number of para-hydroxylation sites is 1. The number of hydrogen-bond acceptors (Lipinski definition) is 5. The van der Waals surface area contributed by atoms with Crippen molar-refractivity contribution in [2.24, 2.45) is 5.73 Å². The summed E-state index contributed by atoms with van der Waals surface area (Å²) in [5.41, 5.74) is 5.73. The fourth-order valence-electron chi connectivity index (χ4n) is 3.09. The lowest BCUT2D eigenvalue weighted by Gasteiger charge is -2.32.